The number of hydrogen-bond acceptors (Lipinski definition) is 5. The Labute approximate surface area is 111 Å². The molecule has 0 N–H and O–H groups in total. The number of esters is 2. The molecule has 0 amide bonds. The highest BCUT2D eigenvalue weighted by molar-refractivity contribution is 7.98. The fraction of sp³-hybridized carbons (Fsp3) is 0.385. The average molecular weight is 268 g/mol. The van der Waals surface area contributed by atoms with Gasteiger partial charge >= 0.3 is 11.9 Å². The SMILES string of the molecule is CCOC(=O)Cc1ccc(SC)cc1C(=O)OC. The normalized spacial score (nSPS) is 9.94. The zero-order valence-electron chi connectivity index (χ0n) is 10.7. The quantitative estimate of drug-likeness (QED) is 0.606. The van der Waals surface area contributed by atoms with Crippen molar-refractivity contribution in [3.8, 4) is 0 Å². The van der Waals surface area contributed by atoms with Crippen LogP contribution in [-0.4, -0.2) is 31.9 Å². The molecular formula is C13H16O4S. The number of methoxy groups -OCH3 is 1. The fourth-order valence-corrected chi connectivity index (χ4v) is 1.94. The molecule has 5 heteroatoms. The Kier molecular flexibility index (Phi) is 5.71. The van der Waals surface area contributed by atoms with Crippen LogP contribution in [0.15, 0.2) is 23.1 Å². The number of ether oxygens (including phenoxy) is 2. The van der Waals surface area contributed by atoms with Gasteiger partial charge in [-0.1, -0.05) is 6.07 Å². The van der Waals surface area contributed by atoms with Crippen LogP contribution in [0.25, 0.3) is 0 Å². The van der Waals surface area contributed by atoms with Crippen LogP contribution >= 0.6 is 11.8 Å². The van der Waals surface area contributed by atoms with Crippen molar-refractivity contribution in [3.63, 3.8) is 0 Å². The minimum Gasteiger partial charge on any atom is -0.466 e. The van der Waals surface area contributed by atoms with Gasteiger partial charge in [-0.3, -0.25) is 4.79 Å². The van der Waals surface area contributed by atoms with Gasteiger partial charge in [0.2, 0.25) is 0 Å². The summed E-state index contributed by atoms with van der Waals surface area (Å²) in [7, 11) is 1.32. The van der Waals surface area contributed by atoms with Crippen LogP contribution in [0.2, 0.25) is 0 Å². The maximum atomic E-state index is 11.7. The topological polar surface area (TPSA) is 52.6 Å². The summed E-state index contributed by atoms with van der Waals surface area (Å²) in [6, 6.07) is 5.35. The lowest BCUT2D eigenvalue weighted by Crippen LogP contribution is -2.12. The van der Waals surface area contributed by atoms with E-state index < -0.39 is 5.97 Å². The standard InChI is InChI=1S/C13H16O4S/c1-4-17-12(14)7-9-5-6-10(18-3)8-11(9)13(15)16-2/h5-6,8H,4,7H2,1-3H3. The van der Waals surface area contributed by atoms with Gasteiger partial charge in [-0.05, 0) is 30.9 Å². The largest absolute Gasteiger partial charge is 0.466 e. The van der Waals surface area contributed by atoms with E-state index in [1.54, 1.807) is 19.1 Å². The maximum absolute atomic E-state index is 11.7. The van der Waals surface area contributed by atoms with Crippen molar-refractivity contribution < 1.29 is 19.1 Å². The number of carbonyl (C=O) groups is 2. The van der Waals surface area contributed by atoms with E-state index >= 15 is 0 Å². The second-order valence-electron chi connectivity index (χ2n) is 3.50. The molecule has 0 aliphatic rings. The van der Waals surface area contributed by atoms with E-state index in [-0.39, 0.29) is 12.4 Å². The lowest BCUT2D eigenvalue weighted by molar-refractivity contribution is -0.142. The maximum Gasteiger partial charge on any atom is 0.338 e. The summed E-state index contributed by atoms with van der Waals surface area (Å²) in [5.74, 6) is -0.787. The van der Waals surface area contributed by atoms with Gasteiger partial charge in [0.1, 0.15) is 0 Å². The van der Waals surface area contributed by atoms with Crippen LogP contribution < -0.4 is 0 Å². The predicted molar refractivity (Wildman–Crippen MR) is 69.9 cm³/mol. The Bertz CT molecular complexity index is 443. The van der Waals surface area contributed by atoms with E-state index in [4.69, 9.17) is 9.47 Å². The third-order valence-corrected chi connectivity index (χ3v) is 3.09. The molecule has 1 aromatic carbocycles. The Morgan fingerprint density at radius 2 is 2.06 bits per heavy atom. The molecule has 98 valence electrons. The van der Waals surface area contributed by atoms with E-state index in [1.165, 1.54) is 18.9 Å². The summed E-state index contributed by atoms with van der Waals surface area (Å²) < 4.78 is 9.59. The van der Waals surface area contributed by atoms with Gasteiger partial charge in [0, 0.05) is 4.90 Å². The molecule has 0 aromatic heterocycles. The summed E-state index contributed by atoms with van der Waals surface area (Å²) in [6.45, 7) is 2.07. The first-order valence-electron chi connectivity index (χ1n) is 5.53. The number of carbonyl (C=O) groups excluding carboxylic acids is 2. The second kappa shape index (κ2) is 7.06. The zero-order chi connectivity index (χ0) is 13.5. The van der Waals surface area contributed by atoms with Crippen LogP contribution in [0.3, 0.4) is 0 Å². The molecule has 0 radical (unpaired) electrons. The molecule has 0 saturated carbocycles. The van der Waals surface area contributed by atoms with Gasteiger partial charge in [0.25, 0.3) is 0 Å². The summed E-state index contributed by atoms with van der Waals surface area (Å²) in [5, 5.41) is 0. The van der Waals surface area contributed by atoms with Gasteiger partial charge in [-0.25, -0.2) is 4.79 Å². The van der Waals surface area contributed by atoms with Crippen LogP contribution in [0, 0.1) is 0 Å². The van der Waals surface area contributed by atoms with E-state index in [9.17, 15) is 9.59 Å². The van der Waals surface area contributed by atoms with Crippen LogP contribution in [-0.2, 0) is 20.7 Å². The molecule has 18 heavy (non-hydrogen) atoms. The minimum atomic E-state index is -0.440. The summed E-state index contributed by atoms with van der Waals surface area (Å²) in [6.07, 6.45) is 1.99. The van der Waals surface area contributed by atoms with Crippen molar-refractivity contribution in [3.05, 3.63) is 29.3 Å². The number of rotatable bonds is 5. The summed E-state index contributed by atoms with van der Waals surface area (Å²) in [5.41, 5.74) is 1.04. The van der Waals surface area contributed by atoms with Crippen LogP contribution in [0.1, 0.15) is 22.8 Å². The Hall–Kier alpha value is -1.49. The first-order chi connectivity index (χ1) is 8.62. The van der Waals surface area contributed by atoms with Gasteiger partial charge in [-0.15, -0.1) is 11.8 Å². The molecule has 0 unspecified atom stereocenters. The molecule has 4 nitrogen and oxygen atoms in total. The molecule has 1 aromatic rings. The van der Waals surface area contributed by atoms with Crippen LogP contribution in [0.4, 0.5) is 0 Å². The highest BCUT2D eigenvalue weighted by Gasteiger charge is 2.15. The van der Waals surface area contributed by atoms with Gasteiger partial charge in [0.15, 0.2) is 0 Å². The fourth-order valence-electron chi connectivity index (χ4n) is 1.50. The van der Waals surface area contributed by atoms with E-state index in [0.717, 1.165) is 4.90 Å². The van der Waals surface area contributed by atoms with Crippen molar-refractivity contribution in [1.82, 2.24) is 0 Å². The van der Waals surface area contributed by atoms with Crippen LogP contribution in [0.5, 0.6) is 0 Å². The molecule has 0 spiro atoms. The van der Waals surface area contributed by atoms with E-state index in [0.29, 0.717) is 17.7 Å². The monoisotopic (exact) mass is 268 g/mol. The van der Waals surface area contributed by atoms with Gasteiger partial charge in [0.05, 0.1) is 25.7 Å². The molecule has 0 atom stereocenters. The molecule has 0 fully saturated rings. The Balaban J connectivity index is 3.02. The lowest BCUT2D eigenvalue weighted by atomic mass is 10.0. The first-order valence-corrected chi connectivity index (χ1v) is 6.75. The first kappa shape index (κ1) is 14.6. The van der Waals surface area contributed by atoms with Gasteiger partial charge < -0.3 is 9.47 Å². The Morgan fingerprint density at radius 1 is 1.33 bits per heavy atom. The molecule has 0 saturated heterocycles. The smallest absolute Gasteiger partial charge is 0.338 e. The number of benzene rings is 1. The van der Waals surface area contributed by atoms with Crippen molar-refractivity contribution in [2.75, 3.05) is 20.0 Å². The molecule has 0 bridgehead atoms. The van der Waals surface area contributed by atoms with E-state index in [2.05, 4.69) is 0 Å². The predicted octanol–water partition coefficient (Wildman–Crippen LogP) is 2.30. The third-order valence-electron chi connectivity index (χ3n) is 2.36. The molecule has 1 rings (SSSR count). The number of hydrogen-bond donors (Lipinski definition) is 0. The van der Waals surface area contributed by atoms with Crippen molar-refractivity contribution >= 4 is 23.7 Å². The van der Waals surface area contributed by atoms with Gasteiger partial charge in [-0.2, -0.15) is 0 Å². The number of thioether (sulfide) groups is 1. The average Bonchev–Trinajstić information content (AvgIpc) is 2.38. The zero-order valence-corrected chi connectivity index (χ0v) is 11.5. The van der Waals surface area contributed by atoms with Crippen molar-refractivity contribution in [2.24, 2.45) is 0 Å². The third kappa shape index (κ3) is 3.77. The summed E-state index contributed by atoms with van der Waals surface area (Å²) >= 11 is 1.52. The molecule has 0 aliphatic carbocycles. The molecular weight excluding hydrogens is 252 g/mol. The lowest BCUT2D eigenvalue weighted by Gasteiger charge is -2.09. The second-order valence-corrected chi connectivity index (χ2v) is 4.38. The Morgan fingerprint density at radius 3 is 2.61 bits per heavy atom. The molecule has 0 heterocycles. The van der Waals surface area contributed by atoms with Crippen molar-refractivity contribution in [2.45, 2.75) is 18.2 Å². The highest BCUT2D eigenvalue weighted by Crippen LogP contribution is 2.21. The van der Waals surface area contributed by atoms with Crippen molar-refractivity contribution in [1.29, 1.82) is 0 Å². The van der Waals surface area contributed by atoms with E-state index in [1.807, 2.05) is 12.3 Å². The minimum absolute atomic E-state index is 0.0763. The highest BCUT2D eigenvalue weighted by atomic mass is 32.2. The molecule has 0 aliphatic heterocycles. The summed E-state index contributed by atoms with van der Waals surface area (Å²) in [4.78, 5) is 24.1.